The summed E-state index contributed by atoms with van der Waals surface area (Å²) >= 11 is 0.926. The van der Waals surface area contributed by atoms with Crippen molar-refractivity contribution in [2.24, 2.45) is 11.1 Å². The highest BCUT2D eigenvalue weighted by molar-refractivity contribution is 7.10. The third kappa shape index (κ3) is 5.23. The summed E-state index contributed by atoms with van der Waals surface area (Å²) in [5, 5.41) is 1.59. The molecule has 0 aromatic carbocycles. The van der Waals surface area contributed by atoms with Gasteiger partial charge < -0.3 is 11.1 Å². The summed E-state index contributed by atoms with van der Waals surface area (Å²) < 4.78 is 55.9. The summed E-state index contributed by atoms with van der Waals surface area (Å²) in [6.07, 6.45) is -2.31. The van der Waals surface area contributed by atoms with Crippen molar-refractivity contribution < 1.29 is 22.4 Å². The van der Waals surface area contributed by atoms with Crippen LogP contribution in [0.5, 0.6) is 0 Å². The molecule has 1 aliphatic heterocycles. The van der Waals surface area contributed by atoms with Gasteiger partial charge in [0, 0.05) is 34.3 Å². The topological polar surface area (TPSA) is 71.2 Å². The molecule has 0 bridgehead atoms. The molecule has 0 unspecified atom stereocenters. The van der Waals surface area contributed by atoms with E-state index in [2.05, 4.69) is 4.98 Å². The molecule has 0 aliphatic carbocycles. The van der Waals surface area contributed by atoms with E-state index in [-0.39, 0.29) is 30.9 Å². The van der Waals surface area contributed by atoms with Gasteiger partial charge in [-0.1, -0.05) is 6.07 Å². The van der Waals surface area contributed by atoms with Crippen molar-refractivity contribution in [3.63, 3.8) is 0 Å². The Morgan fingerprint density at radius 3 is 2.56 bits per heavy atom. The number of nitrogens with one attached hydrogen (secondary N) is 1. The number of urea groups is 1. The van der Waals surface area contributed by atoms with Gasteiger partial charge in [-0.3, -0.25) is 9.88 Å². The fraction of sp³-hybridized carbons (Fsp3) is 0.545. The maximum atomic E-state index is 14.1. The van der Waals surface area contributed by atoms with Crippen LogP contribution < -0.4 is 11.1 Å². The molecule has 10 heteroatoms. The van der Waals surface area contributed by atoms with Crippen molar-refractivity contribution >= 4 is 17.4 Å². The van der Waals surface area contributed by atoms with Crippen LogP contribution >= 0.6 is 11.3 Å². The summed E-state index contributed by atoms with van der Waals surface area (Å²) in [5.74, 6) is 0. The van der Waals surface area contributed by atoms with Gasteiger partial charge in [-0.25, -0.2) is 4.79 Å². The molecule has 2 aromatic rings. The van der Waals surface area contributed by atoms with Crippen LogP contribution in [0.1, 0.15) is 42.8 Å². The number of thiophene rings is 1. The van der Waals surface area contributed by atoms with E-state index >= 15 is 0 Å². The van der Waals surface area contributed by atoms with Crippen LogP contribution in [0, 0.1) is 17.5 Å². The first kappa shape index (κ1) is 24.4. The molecule has 2 aromatic heterocycles. The summed E-state index contributed by atoms with van der Waals surface area (Å²) in [7, 11) is 0. The van der Waals surface area contributed by atoms with E-state index in [4.69, 9.17) is 5.73 Å². The minimum Gasteiger partial charge on any atom is -0.352 e. The van der Waals surface area contributed by atoms with E-state index in [0.717, 1.165) is 22.6 Å². The Labute approximate surface area is 189 Å². The Morgan fingerprint density at radius 2 is 2.03 bits per heavy atom. The predicted octanol–water partition coefficient (Wildman–Crippen LogP) is 4.75. The predicted molar refractivity (Wildman–Crippen MR) is 116 cm³/mol. The van der Waals surface area contributed by atoms with Crippen LogP contribution in [0.2, 0.25) is 0 Å². The summed E-state index contributed by atoms with van der Waals surface area (Å²) in [6.45, 7) is 6.29. The highest BCUT2D eigenvalue weighted by Gasteiger charge is 2.57. The number of amides is 2. The van der Waals surface area contributed by atoms with Gasteiger partial charge in [0.15, 0.2) is 5.13 Å². The number of aryl methyl sites for hydroxylation is 2. The van der Waals surface area contributed by atoms with Crippen LogP contribution in [-0.4, -0.2) is 41.2 Å². The highest BCUT2D eigenvalue weighted by atomic mass is 32.1. The maximum absolute atomic E-state index is 14.1. The lowest BCUT2D eigenvalue weighted by molar-refractivity contribution is -0.181. The molecule has 32 heavy (non-hydrogen) atoms. The average molecular weight is 473 g/mol. The molecule has 0 spiro atoms. The molecule has 2 atom stereocenters. The number of carbonyl (C=O) groups is 1. The zero-order chi connectivity index (χ0) is 23.7. The van der Waals surface area contributed by atoms with Crippen molar-refractivity contribution in [2.75, 3.05) is 13.1 Å². The van der Waals surface area contributed by atoms with Crippen molar-refractivity contribution in [2.45, 2.75) is 57.8 Å². The molecule has 2 amide bonds. The SMILES string of the molecule is Cc1ccc(C(C)(C)N2CC[C@@](CCc3ccc(F)s3)([C@@H](NC(N)=O)C(F)(F)F)C2)cn1. The first-order chi connectivity index (χ1) is 14.8. The molecule has 1 saturated heterocycles. The van der Waals surface area contributed by atoms with Crippen molar-refractivity contribution in [1.29, 1.82) is 0 Å². The number of likely N-dealkylation sites (tertiary alicyclic amines) is 1. The molecule has 3 N–H and O–H groups in total. The second-order valence-electron chi connectivity index (χ2n) is 8.97. The lowest BCUT2D eigenvalue weighted by atomic mass is 9.74. The number of nitrogens with zero attached hydrogens (tertiary/aromatic N) is 2. The van der Waals surface area contributed by atoms with Gasteiger partial charge in [-0.2, -0.15) is 17.6 Å². The van der Waals surface area contributed by atoms with Gasteiger partial charge in [-0.15, -0.1) is 11.3 Å². The number of carbonyl (C=O) groups excluding carboxylic acids is 1. The smallest absolute Gasteiger partial charge is 0.352 e. The number of halogens is 4. The number of alkyl halides is 3. The van der Waals surface area contributed by atoms with Crippen LogP contribution in [0.3, 0.4) is 0 Å². The Morgan fingerprint density at radius 1 is 1.31 bits per heavy atom. The lowest BCUT2D eigenvalue weighted by Gasteiger charge is -2.41. The quantitative estimate of drug-likeness (QED) is 0.572. The number of aromatic nitrogens is 1. The van der Waals surface area contributed by atoms with E-state index in [1.807, 2.05) is 43.1 Å². The molecule has 1 fully saturated rings. The largest absolute Gasteiger partial charge is 0.409 e. The lowest BCUT2D eigenvalue weighted by Crippen LogP contribution is -2.59. The molecule has 3 heterocycles. The van der Waals surface area contributed by atoms with E-state index in [9.17, 15) is 22.4 Å². The first-order valence-corrected chi connectivity index (χ1v) is 11.2. The fourth-order valence-electron chi connectivity index (χ4n) is 4.55. The molecule has 176 valence electrons. The number of hydrogen-bond acceptors (Lipinski definition) is 4. The molecule has 1 aliphatic rings. The van der Waals surface area contributed by atoms with E-state index in [0.29, 0.717) is 11.4 Å². The Kier molecular flexibility index (Phi) is 6.86. The number of primary amides is 1. The van der Waals surface area contributed by atoms with E-state index in [1.54, 1.807) is 12.3 Å². The van der Waals surface area contributed by atoms with Gasteiger partial charge >= 0.3 is 12.2 Å². The second kappa shape index (κ2) is 8.97. The van der Waals surface area contributed by atoms with Gasteiger partial charge in [-0.05, 0) is 70.3 Å². The third-order valence-corrected chi connectivity index (χ3v) is 7.45. The minimum atomic E-state index is -4.68. The third-order valence-electron chi connectivity index (χ3n) is 6.52. The van der Waals surface area contributed by atoms with Crippen LogP contribution in [-0.2, 0) is 12.0 Å². The Balaban J connectivity index is 1.93. The molecular formula is C22H28F4N4OS. The summed E-state index contributed by atoms with van der Waals surface area (Å²) in [4.78, 5) is 18.5. The van der Waals surface area contributed by atoms with Crippen molar-refractivity contribution in [1.82, 2.24) is 15.2 Å². The monoisotopic (exact) mass is 472 g/mol. The second-order valence-corrected chi connectivity index (χ2v) is 10.1. The minimum absolute atomic E-state index is 0.103. The first-order valence-electron chi connectivity index (χ1n) is 10.4. The van der Waals surface area contributed by atoms with E-state index < -0.39 is 29.2 Å². The fourth-order valence-corrected chi connectivity index (χ4v) is 5.28. The zero-order valence-electron chi connectivity index (χ0n) is 18.3. The van der Waals surface area contributed by atoms with Crippen LogP contribution in [0.25, 0.3) is 0 Å². The van der Waals surface area contributed by atoms with Crippen molar-refractivity contribution in [3.8, 4) is 0 Å². The molecule has 3 rings (SSSR count). The Bertz CT molecular complexity index is 944. The molecule has 0 saturated carbocycles. The number of hydrogen-bond donors (Lipinski definition) is 2. The van der Waals surface area contributed by atoms with Crippen LogP contribution in [0.4, 0.5) is 22.4 Å². The van der Waals surface area contributed by atoms with E-state index in [1.165, 1.54) is 6.07 Å². The molecule has 5 nitrogen and oxygen atoms in total. The maximum Gasteiger partial charge on any atom is 0.409 e. The number of nitrogens with two attached hydrogens (primary N) is 1. The molecular weight excluding hydrogens is 444 g/mol. The number of rotatable bonds is 7. The van der Waals surface area contributed by atoms with Gasteiger partial charge in [0.1, 0.15) is 6.04 Å². The normalized spacial score (nSPS) is 21.0. The zero-order valence-corrected chi connectivity index (χ0v) is 19.1. The number of pyridine rings is 1. The standard InChI is InChI=1S/C22H28F4N4OS/c1-14-4-5-15(12-28-14)20(2,3)30-11-10-21(13-30,9-8-16-6-7-17(23)32-16)18(22(24,25)26)29-19(27)31/h4-7,12,18H,8-11,13H2,1-3H3,(H3,27,29,31)/t18-,21-/m1/s1. The van der Waals surface area contributed by atoms with Gasteiger partial charge in [0.25, 0.3) is 0 Å². The highest BCUT2D eigenvalue weighted by Crippen LogP contribution is 2.47. The summed E-state index contributed by atoms with van der Waals surface area (Å²) in [5.41, 5.74) is 5.01. The van der Waals surface area contributed by atoms with Gasteiger partial charge in [0.2, 0.25) is 0 Å². The molecule has 0 radical (unpaired) electrons. The Hall–Kier alpha value is -2.20. The summed E-state index contributed by atoms with van der Waals surface area (Å²) in [6, 6.07) is 3.39. The van der Waals surface area contributed by atoms with Gasteiger partial charge in [0.05, 0.1) is 0 Å². The van der Waals surface area contributed by atoms with Crippen molar-refractivity contribution in [3.05, 3.63) is 51.7 Å². The van der Waals surface area contributed by atoms with Crippen LogP contribution in [0.15, 0.2) is 30.5 Å². The average Bonchev–Trinajstić information content (AvgIpc) is 3.31.